The van der Waals surface area contributed by atoms with Crippen LogP contribution in [-0.2, 0) is 7.05 Å². The van der Waals surface area contributed by atoms with Crippen LogP contribution in [0.15, 0.2) is 109 Å². The topological polar surface area (TPSA) is 4.93 Å². The van der Waals surface area contributed by atoms with Gasteiger partial charge in [-0.2, -0.15) is 0 Å². The van der Waals surface area contributed by atoms with Crippen molar-refractivity contribution in [2.24, 2.45) is 7.05 Å². The molecule has 0 unspecified atom stereocenters. The van der Waals surface area contributed by atoms with E-state index >= 15 is 0 Å². The molecule has 0 bridgehead atoms. The Bertz CT molecular complexity index is 1230. The molecule has 1 heteroatoms. The van der Waals surface area contributed by atoms with E-state index in [1.54, 1.807) is 0 Å². The third kappa shape index (κ3) is 2.73. The Morgan fingerprint density at radius 3 is 1.64 bits per heavy atom. The minimum Gasteiger partial charge on any atom is -0.343 e. The summed E-state index contributed by atoms with van der Waals surface area (Å²) in [6.45, 7) is 0. The lowest BCUT2D eigenvalue weighted by atomic mass is 9.96. The maximum Gasteiger partial charge on any atom is 0.0568 e. The summed E-state index contributed by atoms with van der Waals surface area (Å²) in [4.78, 5) is 0. The van der Waals surface area contributed by atoms with E-state index < -0.39 is 0 Å². The molecule has 0 radical (unpaired) electrons. The highest BCUT2D eigenvalue weighted by Gasteiger charge is 2.17. The molecule has 0 saturated carbocycles. The van der Waals surface area contributed by atoms with Gasteiger partial charge >= 0.3 is 0 Å². The lowest BCUT2D eigenvalue weighted by Crippen LogP contribution is -1.92. The molecule has 0 aliphatic rings. The molecule has 0 aliphatic carbocycles. The largest absolute Gasteiger partial charge is 0.343 e. The summed E-state index contributed by atoms with van der Waals surface area (Å²) in [6, 6.07) is 38.8. The summed E-state index contributed by atoms with van der Waals surface area (Å²) in [7, 11) is 2.16. The van der Waals surface area contributed by atoms with Gasteiger partial charge in [-0.25, -0.2) is 0 Å². The summed E-state index contributed by atoms with van der Waals surface area (Å²) >= 11 is 0. The number of rotatable bonds is 3. The number of hydrogen-bond acceptors (Lipinski definition) is 0. The van der Waals surface area contributed by atoms with E-state index in [1.807, 2.05) is 0 Å². The summed E-state index contributed by atoms with van der Waals surface area (Å²) in [6.07, 6.45) is 0. The van der Waals surface area contributed by atoms with Crippen LogP contribution in [-0.4, -0.2) is 4.57 Å². The zero-order valence-corrected chi connectivity index (χ0v) is 15.8. The van der Waals surface area contributed by atoms with E-state index in [-0.39, 0.29) is 0 Å². The average Bonchev–Trinajstić information content (AvgIpc) is 3.08. The van der Waals surface area contributed by atoms with Gasteiger partial charge in [0.25, 0.3) is 0 Å². The standard InChI is InChI=1S/C27H21N/c1-28-25-15-9-8-14-24(25)26(27(28)23-12-6-3-7-13-23)22-18-16-21(17-19-22)20-10-4-2-5-11-20/h2-19H,1H3. The van der Waals surface area contributed by atoms with E-state index in [1.165, 1.54) is 44.4 Å². The van der Waals surface area contributed by atoms with Crippen LogP contribution in [0, 0.1) is 0 Å². The SMILES string of the molecule is Cn1c(-c2ccccc2)c(-c2ccc(-c3ccccc3)cc2)c2ccccc21. The van der Waals surface area contributed by atoms with E-state index in [4.69, 9.17) is 0 Å². The molecule has 134 valence electrons. The highest BCUT2D eigenvalue weighted by molar-refractivity contribution is 6.04. The maximum atomic E-state index is 2.31. The van der Waals surface area contributed by atoms with Gasteiger partial charge in [0.15, 0.2) is 0 Å². The second kappa shape index (κ2) is 6.86. The third-order valence-electron chi connectivity index (χ3n) is 5.43. The van der Waals surface area contributed by atoms with Crippen molar-refractivity contribution in [2.75, 3.05) is 0 Å². The summed E-state index contributed by atoms with van der Waals surface area (Å²) in [5.41, 5.74) is 8.78. The molecule has 1 heterocycles. The molecule has 1 aromatic heterocycles. The molecular formula is C27H21N. The highest BCUT2D eigenvalue weighted by Crippen LogP contribution is 2.40. The first kappa shape index (κ1) is 16.6. The number of hydrogen-bond donors (Lipinski definition) is 0. The normalized spacial score (nSPS) is 11.0. The Hall–Kier alpha value is -3.58. The molecule has 0 amide bonds. The van der Waals surface area contributed by atoms with E-state index in [2.05, 4.69) is 121 Å². The second-order valence-electron chi connectivity index (χ2n) is 7.11. The zero-order chi connectivity index (χ0) is 18.9. The Morgan fingerprint density at radius 2 is 0.964 bits per heavy atom. The minimum absolute atomic E-state index is 1.24. The number of aromatic nitrogens is 1. The number of fused-ring (bicyclic) bond motifs is 1. The minimum atomic E-state index is 1.24. The monoisotopic (exact) mass is 359 g/mol. The molecule has 5 rings (SSSR count). The van der Waals surface area contributed by atoms with Gasteiger partial charge in [0, 0.05) is 23.5 Å². The third-order valence-corrected chi connectivity index (χ3v) is 5.43. The molecule has 0 saturated heterocycles. The van der Waals surface area contributed by atoms with Gasteiger partial charge in [0.05, 0.1) is 5.69 Å². The molecule has 0 atom stereocenters. The van der Waals surface area contributed by atoms with Crippen molar-refractivity contribution >= 4 is 10.9 Å². The predicted molar refractivity (Wildman–Crippen MR) is 119 cm³/mol. The van der Waals surface area contributed by atoms with Crippen LogP contribution >= 0.6 is 0 Å². The molecule has 5 aromatic rings. The van der Waals surface area contributed by atoms with Gasteiger partial charge < -0.3 is 4.57 Å². The Labute approximate surface area is 165 Å². The van der Waals surface area contributed by atoms with Crippen molar-refractivity contribution in [3.8, 4) is 33.5 Å². The second-order valence-corrected chi connectivity index (χ2v) is 7.11. The lowest BCUT2D eigenvalue weighted by Gasteiger charge is -2.10. The molecule has 1 nitrogen and oxygen atoms in total. The number of aryl methyl sites for hydroxylation is 1. The summed E-state index contributed by atoms with van der Waals surface area (Å²) < 4.78 is 2.31. The Balaban J connectivity index is 1.73. The van der Waals surface area contributed by atoms with Crippen molar-refractivity contribution < 1.29 is 0 Å². The number of benzene rings is 4. The van der Waals surface area contributed by atoms with Crippen LogP contribution in [0.2, 0.25) is 0 Å². The van der Waals surface area contributed by atoms with Crippen LogP contribution in [0.25, 0.3) is 44.4 Å². The Morgan fingerprint density at radius 1 is 0.464 bits per heavy atom. The van der Waals surface area contributed by atoms with Crippen molar-refractivity contribution in [1.29, 1.82) is 0 Å². The maximum absolute atomic E-state index is 2.31. The lowest BCUT2D eigenvalue weighted by molar-refractivity contribution is 0.979. The van der Waals surface area contributed by atoms with Gasteiger partial charge in [-0.15, -0.1) is 0 Å². The first-order valence-electron chi connectivity index (χ1n) is 9.61. The quantitative estimate of drug-likeness (QED) is 0.321. The average molecular weight is 359 g/mol. The number of nitrogens with zero attached hydrogens (tertiary/aromatic N) is 1. The van der Waals surface area contributed by atoms with Gasteiger partial charge in [-0.3, -0.25) is 0 Å². The molecule has 28 heavy (non-hydrogen) atoms. The van der Waals surface area contributed by atoms with E-state index in [9.17, 15) is 0 Å². The van der Waals surface area contributed by atoms with Crippen LogP contribution in [0.4, 0.5) is 0 Å². The molecule has 0 spiro atoms. The van der Waals surface area contributed by atoms with Gasteiger partial charge in [-0.1, -0.05) is 103 Å². The van der Waals surface area contributed by atoms with Crippen LogP contribution in [0.3, 0.4) is 0 Å². The highest BCUT2D eigenvalue weighted by atomic mass is 14.9. The molecule has 0 aliphatic heterocycles. The van der Waals surface area contributed by atoms with Crippen molar-refractivity contribution in [1.82, 2.24) is 4.57 Å². The van der Waals surface area contributed by atoms with E-state index in [0.717, 1.165) is 0 Å². The van der Waals surface area contributed by atoms with E-state index in [0.29, 0.717) is 0 Å². The van der Waals surface area contributed by atoms with Crippen molar-refractivity contribution in [3.63, 3.8) is 0 Å². The van der Waals surface area contributed by atoms with Gasteiger partial charge in [-0.05, 0) is 28.3 Å². The molecule has 0 N–H and O–H groups in total. The van der Waals surface area contributed by atoms with Gasteiger partial charge in [0.1, 0.15) is 0 Å². The fourth-order valence-corrected chi connectivity index (χ4v) is 4.08. The Kier molecular flexibility index (Phi) is 4.06. The fourth-order valence-electron chi connectivity index (χ4n) is 4.08. The zero-order valence-electron chi connectivity index (χ0n) is 15.8. The van der Waals surface area contributed by atoms with Gasteiger partial charge in [0.2, 0.25) is 0 Å². The first-order chi connectivity index (χ1) is 13.8. The molecule has 0 fully saturated rings. The number of para-hydroxylation sites is 1. The predicted octanol–water partition coefficient (Wildman–Crippen LogP) is 7.18. The fraction of sp³-hybridized carbons (Fsp3) is 0.0370. The first-order valence-corrected chi connectivity index (χ1v) is 9.61. The van der Waals surface area contributed by atoms with Crippen LogP contribution in [0.5, 0.6) is 0 Å². The molecule has 4 aromatic carbocycles. The summed E-state index contributed by atoms with van der Waals surface area (Å²) in [5, 5.41) is 1.29. The van der Waals surface area contributed by atoms with Crippen molar-refractivity contribution in [3.05, 3.63) is 109 Å². The van der Waals surface area contributed by atoms with Crippen molar-refractivity contribution in [2.45, 2.75) is 0 Å². The summed E-state index contributed by atoms with van der Waals surface area (Å²) in [5.74, 6) is 0. The van der Waals surface area contributed by atoms with Crippen LogP contribution in [0.1, 0.15) is 0 Å². The smallest absolute Gasteiger partial charge is 0.0568 e. The van der Waals surface area contributed by atoms with Crippen LogP contribution < -0.4 is 0 Å². The molecular weight excluding hydrogens is 338 g/mol.